The Hall–Kier alpha value is -2.39. The van der Waals surface area contributed by atoms with Crippen LogP contribution in [0.5, 0.6) is 0 Å². The van der Waals surface area contributed by atoms with Crippen molar-refractivity contribution >= 4 is 46.7 Å². The molecular weight excluding hydrogens is 453 g/mol. The lowest BCUT2D eigenvalue weighted by Crippen LogP contribution is -2.56. The fourth-order valence-electron chi connectivity index (χ4n) is 3.39. The molecule has 10 heteroatoms. The fraction of sp³-hybridized carbons (Fsp3) is 0.455. The molecule has 1 fully saturated rings. The van der Waals surface area contributed by atoms with Crippen molar-refractivity contribution in [3.63, 3.8) is 0 Å². The lowest BCUT2D eigenvalue weighted by atomic mass is 9.93. The summed E-state index contributed by atoms with van der Waals surface area (Å²) < 4.78 is 13.7. The highest BCUT2D eigenvalue weighted by Gasteiger charge is 2.34. The van der Waals surface area contributed by atoms with Crippen LogP contribution in [0.15, 0.2) is 35.5 Å². The zero-order valence-electron chi connectivity index (χ0n) is 18.6. The van der Waals surface area contributed by atoms with Gasteiger partial charge in [-0.05, 0) is 19.1 Å². The number of anilines is 2. The molecule has 2 heterocycles. The molecule has 0 bridgehead atoms. The summed E-state index contributed by atoms with van der Waals surface area (Å²) in [5.74, 6) is -0.0732. The largest absolute Gasteiger partial charge is 0.353 e. The second-order valence-electron chi connectivity index (χ2n) is 8.69. The summed E-state index contributed by atoms with van der Waals surface area (Å²) in [6.45, 7) is 9.61. The summed E-state index contributed by atoms with van der Waals surface area (Å²) >= 11 is 7.33. The van der Waals surface area contributed by atoms with E-state index in [4.69, 9.17) is 11.6 Å². The molecule has 0 saturated carbocycles. The van der Waals surface area contributed by atoms with Gasteiger partial charge in [-0.15, -0.1) is 0 Å². The Balaban J connectivity index is 1.63. The highest BCUT2D eigenvalue weighted by atomic mass is 35.5. The third-order valence-electron chi connectivity index (χ3n) is 5.00. The number of para-hydroxylation sites is 1. The molecule has 1 aliphatic rings. The van der Waals surface area contributed by atoms with Crippen LogP contribution in [0.2, 0.25) is 5.15 Å². The fourth-order valence-corrected chi connectivity index (χ4v) is 4.27. The number of benzene rings is 1. The van der Waals surface area contributed by atoms with E-state index in [1.807, 2.05) is 32.6 Å². The molecule has 1 saturated heterocycles. The van der Waals surface area contributed by atoms with E-state index < -0.39 is 11.2 Å². The van der Waals surface area contributed by atoms with Crippen LogP contribution in [-0.2, 0) is 9.59 Å². The number of carbonyl (C=O) groups is 2. The van der Waals surface area contributed by atoms with Crippen molar-refractivity contribution in [2.75, 3.05) is 35.6 Å². The molecule has 1 aliphatic heterocycles. The second kappa shape index (κ2) is 10.0. The minimum atomic E-state index is -0.495. The molecule has 7 nitrogen and oxygen atoms in total. The molecule has 1 unspecified atom stereocenters. The number of hydrogen-bond acceptors (Lipinski definition) is 6. The number of halogens is 2. The average Bonchev–Trinajstić information content (AvgIpc) is 2.72. The van der Waals surface area contributed by atoms with E-state index in [9.17, 15) is 14.0 Å². The maximum Gasteiger partial charge on any atom is 0.234 e. The summed E-state index contributed by atoms with van der Waals surface area (Å²) in [4.78, 5) is 37.6. The van der Waals surface area contributed by atoms with Crippen LogP contribution < -0.4 is 10.2 Å². The van der Waals surface area contributed by atoms with Gasteiger partial charge in [0.2, 0.25) is 11.8 Å². The molecular formula is C22H27ClFN5O2S. The first-order chi connectivity index (χ1) is 15.0. The zero-order chi connectivity index (χ0) is 23.5. The Labute approximate surface area is 196 Å². The third kappa shape index (κ3) is 6.10. The Bertz CT molecular complexity index is 1000. The monoisotopic (exact) mass is 479 g/mol. The first-order valence-electron chi connectivity index (χ1n) is 10.3. The molecule has 0 aliphatic carbocycles. The van der Waals surface area contributed by atoms with E-state index in [1.54, 1.807) is 18.2 Å². The van der Waals surface area contributed by atoms with Gasteiger partial charge in [0.1, 0.15) is 16.8 Å². The Kier molecular flexibility index (Phi) is 7.61. The van der Waals surface area contributed by atoms with E-state index in [0.29, 0.717) is 30.6 Å². The highest BCUT2D eigenvalue weighted by Crippen LogP contribution is 2.26. The van der Waals surface area contributed by atoms with E-state index in [2.05, 4.69) is 20.2 Å². The minimum absolute atomic E-state index is 0.0123. The minimum Gasteiger partial charge on any atom is -0.353 e. The Morgan fingerprint density at radius 3 is 2.62 bits per heavy atom. The zero-order valence-corrected chi connectivity index (χ0v) is 20.1. The van der Waals surface area contributed by atoms with Crippen molar-refractivity contribution in [2.24, 2.45) is 5.41 Å². The van der Waals surface area contributed by atoms with Crippen LogP contribution in [0.1, 0.15) is 27.7 Å². The van der Waals surface area contributed by atoms with Crippen LogP contribution in [0.3, 0.4) is 0 Å². The highest BCUT2D eigenvalue weighted by molar-refractivity contribution is 7.99. The quantitative estimate of drug-likeness (QED) is 0.395. The number of amides is 2. The molecule has 2 aromatic rings. The summed E-state index contributed by atoms with van der Waals surface area (Å²) in [6.07, 6.45) is 0. The first kappa shape index (κ1) is 24.3. The molecule has 172 valence electrons. The molecule has 0 radical (unpaired) electrons. The van der Waals surface area contributed by atoms with Gasteiger partial charge in [-0.25, -0.2) is 14.4 Å². The van der Waals surface area contributed by atoms with Crippen molar-refractivity contribution in [1.82, 2.24) is 14.9 Å². The standard InChI is InChI=1S/C22H27ClFN5O2S/c1-14-12-28(9-10-29(14)20(31)22(2,3)4)18-11-17(23)26-21(27-18)32-13-19(30)25-16-8-6-5-7-15(16)24/h5-8,11,14H,9-10,12-13H2,1-4H3,(H,25,30). The van der Waals surface area contributed by atoms with Gasteiger partial charge in [-0.1, -0.05) is 56.3 Å². The lowest BCUT2D eigenvalue weighted by Gasteiger charge is -2.42. The molecule has 0 spiro atoms. The SMILES string of the molecule is CC1CN(c2cc(Cl)nc(SCC(=O)Nc3ccccc3F)n2)CCN1C(=O)C(C)(C)C. The molecule has 3 rings (SSSR count). The third-order valence-corrected chi connectivity index (χ3v) is 6.04. The van der Waals surface area contributed by atoms with Crippen molar-refractivity contribution in [3.05, 3.63) is 41.3 Å². The number of thioether (sulfide) groups is 1. The number of nitrogens with zero attached hydrogens (tertiary/aromatic N) is 4. The number of carbonyl (C=O) groups excluding carboxylic acids is 2. The van der Waals surface area contributed by atoms with Gasteiger partial charge >= 0.3 is 0 Å². The second-order valence-corrected chi connectivity index (χ2v) is 10.0. The smallest absolute Gasteiger partial charge is 0.234 e. The number of nitrogens with one attached hydrogen (secondary N) is 1. The lowest BCUT2D eigenvalue weighted by molar-refractivity contribution is -0.142. The van der Waals surface area contributed by atoms with Gasteiger partial charge in [0.05, 0.1) is 11.4 Å². The van der Waals surface area contributed by atoms with Crippen LogP contribution >= 0.6 is 23.4 Å². The number of aromatic nitrogens is 2. The summed E-state index contributed by atoms with van der Waals surface area (Å²) in [5.41, 5.74) is -0.302. The summed E-state index contributed by atoms with van der Waals surface area (Å²) in [5, 5.41) is 3.16. The van der Waals surface area contributed by atoms with E-state index >= 15 is 0 Å². The van der Waals surface area contributed by atoms with Crippen molar-refractivity contribution in [3.8, 4) is 0 Å². The van der Waals surface area contributed by atoms with Gasteiger partial charge in [-0.3, -0.25) is 9.59 Å². The van der Waals surface area contributed by atoms with Gasteiger partial charge in [0, 0.05) is 37.2 Å². The van der Waals surface area contributed by atoms with Crippen LogP contribution in [-0.4, -0.2) is 58.1 Å². The van der Waals surface area contributed by atoms with Crippen LogP contribution in [0.25, 0.3) is 0 Å². The topological polar surface area (TPSA) is 78.4 Å². The Morgan fingerprint density at radius 1 is 1.25 bits per heavy atom. The molecule has 1 N–H and O–H groups in total. The van der Waals surface area contributed by atoms with Gasteiger partial charge in [-0.2, -0.15) is 0 Å². The molecule has 32 heavy (non-hydrogen) atoms. The molecule has 1 aromatic heterocycles. The molecule has 2 amide bonds. The van der Waals surface area contributed by atoms with Crippen LogP contribution in [0.4, 0.5) is 15.9 Å². The van der Waals surface area contributed by atoms with E-state index in [-0.39, 0.29) is 34.4 Å². The van der Waals surface area contributed by atoms with Gasteiger partial charge < -0.3 is 15.1 Å². The normalized spacial score (nSPS) is 16.8. The summed E-state index contributed by atoms with van der Waals surface area (Å²) in [7, 11) is 0. The number of rotatable bonds is 5. The molecule has 1 atom stereocenters. The first-order valence-corrected chi connectivity index (χ1v) is 11.7. The van der Waals surface area contributed by atoms with Crippen LogP contribution in [0, 0.1) is 11.2 Å². The Morgan fingerprint density at radius 2 is 1.97 bits per heavy atom. The number of hydrogen-bond donors (Lipinski definition) is 1. The van der Waals surface area contributed by atoms with E-state index in [0.717, 1.165) is 11.8 Å². The number of piperazine rings is 1. The summed E-state index contributed by atoms with van der Waals surface area (Å²) in [6, 6.07) is 7.68. The van der Waals surface area contributed by atoms with Crippen molar-refractivity contribution < 1.29 is 14.0 Å². The van der Waals surface area contributed by atoms with Crippen molar-refractivity contribution in [2.45, 2.75) is 38.9 Å². The van der Waals surface area contributed by atoms with Gasteiger partial charge in [0.15, 0.2) is 5.16 Å². The van der Waals surface area contributed by atoms with Crippen molar-refractivity contribution in [1.29, 1.82) is 0 Å². The average molecular weight is 480 g/mol. The van der Waals surface area contributed by atoms with Gasteiger partial charge in [0.25, 0.3) is 0 Å². The maximum atomic E-state index is 13.7. The predicted octanol–water partition coefficient (Wildman–Crippen LogP) is 4.08. The molecule has 1 aromatic carbocycles. The predicted molar refractivity (Wildman–Crippen MR) is 126 cm³/mol. The maximum absolute atomic E-state index is 13.7. The van der Waals surface area contributed by atoms with E-state index in [1.165, 1.54) is 12.1 Å².